The molecule has 1 rings (SSSR count). The molecule has 1 aliphatic carbocycles. The van der Waals surface area contributed by atoms with E-state index in [9.17, 15) is 0 Å². The molecule has 1 aliphatic rings. The molecule has 0 heterocycles. The van der Waals surface area contributed by atoms with Gasteiger partial charge in [-0.05, 0) is 5.92 Å². The van der Waals surface area contributed by atoms with E-state index < -0.39 is 0 Å². The molecule has 1 fully saturated rings. The number of hydrogen-bond donors (Lipinski definition) is 0. The largest absolute Gasteiger partial charge is 0.125 e. The van der Waals surface area contributed by atoms with Crippen LogP contribution in [-0.2, 0) is 0 Å². The summed E-state index contributed by atoms with van der Waals surface area (Å²) in [5.41, 5.74) is 0. The zero-order valence-electron chi connectivity index (χ0n) is 7.28. The Hall–Kier alpha value is 0.580. The van der Waals surface area contributed by atoms with Crippen LogP contribution in [0.3, 0.4) is 0 Å². The summed E-state index contributed by atoms with van der Waals surface area (Å²) in [6.07, 6.45) is 7.44. The fourth-order valence-corrected chi connectivity index (χ4v) is 1.31. The second-order valence-corrected chi connectivity index (χ2v) is 3.88. The molecule has 0 atom stereocenters. The molecule has 0 aromatic heterocycles. The molecule has 68 valence electrons. The summed E-state index contributed by atoms with van der Waals surface area (Å²) >= 11 is 10.1. The van der Waals surface area contributed by atoms with Gasteiger partial charge in [-0.15, -0.1) is 23.2 Å². The SMILES string of the molecule is CC1CCCCC1.ClCCCl. The van der Waals surface area contributed by atoms with Crippen LogP contribution in [0.15, 0.2) is 0 Å². The minimum Gasteiger partial charge on any atom is -0.125 e. The number of hydrogen-bond acceptors (Lipinski definition) is 0. The van der Waals surface area contributed by atoms with Crippen LogP contribution in [0.1, 0.15) is 39.0 Å². The zero-order chi connectivity index (χ0) is 8.53. The monoisotopic (exact) mass is 196 g/mol. The third-order valence-electron chi connectivity index (χ3n) is 1.97. The highest BCUT2D eigenvalue weighted by atomic mass is 35.5. The predicted molar refractivity (Wildman–Crippen MR) is 53.7 cm³/mol. The van der Waals surface area contributed by atoms with Crippen molar-refractivity contribution in [3.05, 3.63) is 0 Å². The molecule has 0 unspecified atom stereocenters. The van der Waals surface area contributed by atoms with Crippen molar-refractivity contribution in [3.63, 3.8) is 0 Å². The molecule has 0 saturated heterocycles. The summed E-state index contributed by atoms with van der Waals surface area (Å²) in [5.74, 6) is 2.15. The van der Waals surface area contributed by atoms with Crippen molar-refractivity contribution in [1.82, 2.24) is 0 Å². The quantitative estimate of drug-likeness (QED) is 0.556. The van der Waals surface area contributed by atoms with Gasteiger partial charge in [-0.2, -0.15) is 0 Å². The van der Waals surface area contributed by atoms with Crippen LogP contribution in [0.2, 0.25) is 0 Å². The first-order valence-electron chi connectivity index (χ1n) is 4.43. The van der Waals surface area contributed by atoms with Gasteiger partial charge in [-0.3, -0.25) is 0 Å². The van der Waals surface area contributed by atoms with Gasteiger partial charge in [0.15, 0.2) is 0 Å². The topological polar surface area (TPSA) is 0 Å². The van der Waals surface area contributed by atoms with Crippen LogP contribution < -0.4 is 0 Å². The lowest BCUT2D eigenvalue weighted by Gasteiger charge is -2.15. The van der Waals surface area contributed by atoms with Crippen LogP contribution in [0.5, 0.6) is 0 Å². The van der Waals surface area contributed by atoms with Crippen molar-refractivity contribution < 1.29 is 0 Å². The lowest BCUT2D eigenvalue weighted by Crippen LogP contribution is -1.99. The van der Waals surface area contributed by atoms with E-state index in [2.05, 4.69) is 6.92 Å². The van der Waals surface area contributed by atoms with E-state index in [1.165, 1.54) is 32.1 Å². The number of rotatable bonds is 1. The Morgan fingerprint density at radius 2 is 1.45 bits per heavy atom. The van der Waals surface area contributed by atoms with Crippen LogP contribution in [0.4, 0.5) is 0 Å². The van der Waals surface area contributed by atoms with Crippen LogP contribution in [0, 0.1) is 5.92 Å². The molecule has 0 N–H and O–H groups in total. The minimum atomic E-state index is 0.557. The molecule has 0 aromatic rings. The molecule has 0 bridgehead atoms. The van der Waals surface area contributed by atoms with Crippen molar-refractivity contribution in [3.8, 4) is 0 Å². The van der Waals surface area contributed by atoms with Crippen molar-refractivity contribution in [2.75, 3.05) is 11.8 Å². The third kappa shape index (κ3) is 8.49. The van der Waals surface area contributed by atoms with Gasteiger partial charge in [0.25, 0.3) is 0 Å². The molecule has 0 amide bonds. The third-order valence-corrected chi connectivity index (χ3v) is 2.54. The van der Waals surface area contributed by atoms with Gasteiger partial charge >= 0.3 is 0 Å². The summed E-state index contributed by atoms with van der Waals surface area (Å²) < 4.78 is 0. The fourth-order valence-electron chi connectivity index (χ4n) is 1.31. The van der Waals surface area contributed by atoms with Gasteiger partial charge in [0, 0.05) is 11.8 Å². The van der Waals surface area contributed by atoms with Crippen molar-refractivity contribution in [2.24, 2.45) is 5.92 Å². The second-order valence-electron chi connectivity index (χ2n) is 3.12. The molecular weight excluding hydrogens is 179 g/mol. The molecule has 0 aromatic carbocycles. The lowest BCUT2D eigenvalue weighted by molar-refractivity contribution is 0.385. The summed E-state index contributed by atoms with van der Waals surface area (Å²) in [6.45, 7) is 2.36. The highest BCUT2D eigenvalue weighted by Gasteiger charge is 2.05. The molecule has 11 heavy (non-hydrogen) atoms. The smallest absolute Gasteiger partial charge is 0.0359 e. The maximum atomic E-state index is 5.05. The maximum absolute atomic E-state index is 5.05. The maximum Gasteiger partial charge on any atom is 0.0359 e. The number of alkyl halides is 2. The van der Waals surface area contributed by atoms with Crippen molar-refractivity contribution in [2.45, 2.75) is 39.0 Å². The van der Waals surface area contributed by atoms with E-state index >= 15 is 0 Å². The highest BCUT2D eigenvalue weighted by Crippen LogP contribution is 2.21. The molecule has 0 spiro atoms. The van der Waals surface area contributed by atoms with Crippen LogP contribution in [0.25, 0.3) is 0 Å². The van der Waals surface area contributed by atoms with E-state index in [0.717, 1.165) is 5.92 Å². The number of halogens is 2. The highest BCUT2D eigenvalue weighted by molar-refractivity contribution is 6.25. The zero-order valence-corrected chi connectivity index (χ0v) is 8.79. The average Bonchev–Trinajstić information content (AvgIpc) is 2.07. The van der Waals surface area contributed by atoms with Crippen LogP contribution >= 0.6 is 23.2 Å². The molecule has 0 aliphatic heterocycles. The lowest BCUT2D eigenvalue weighted by atomic mass is 9.91. The molecule has 0 nitrogen and oxygen atoms in total. The van der Waals surface area contributed by atoms with Gasteiger partial charge < -0.3 is 0 Å². The summed E-state index contributed by atoms with van der Waals surface area (Å²) in [5, 5.41) is 0. The first kappa shape index (κ1) is 11.6. The van der Waals surface area contributed by atoms with E-state index in [-0.39, 0.29) is 0 Å². The van der Waals surface area contributed by atoms with E-state index in [1.54, 1.807) is 0 Å². The molecule has 2 heteroatoms. The van der Waals surface area contributed by atoms with Crippen LogP contribution in [-0.4, -0.2) is 11.8 Å². The Kier molecular flexibility index (Phi) is 9.13. The standard InChI is InChI=1S/C7H14.C2H4Cl2/c1-7-5-3-2-4-6-7;3-1-2-4/h7H,2-6H2,1H3;1-2H2. The van der Waals surface area contributed by atoms with Gasteiger partial charge in [-0.1, -0.05) is 39.0 Å². The fraction of sp³-hybridized carbons (Fsp3) is 1.00. The van der Waals surface area contributed by atoms with Gasteiger partial charge in [-0.25, -0.2) is 0 Å². The minimum absolute atomic E-state index is 0.557. The Morgan fingerprint density at radius 3 is 1.64 bits per heavy atom. The second kappa shape index (κ2) is 8.67. The summed E-state index contributed by atoms with van der Waals surface area (Å²) in [7, 11) is 0. The van der Waals surface area contributed by atoms with E-state index in [4.69, 9.17) is 23.2 Å². The average molecular weight is 197 g/mol. The molecule has 0 radical (unpaired) electrons. The summed E-state index contributed by atoms with van der Waals surface area (Å²) in [4.78, 5) is 0. The first-order chi connectivity index (χ1) is 5.31. The van der Waals surface area contributed by atoms with Crippen molar-refractivity contribution in [1.29, 1.82) is 0 Å². The van der Waals surface area contributed by atoms with E-state index in [0.29, 0.717) is 11.8 Å². The normalized spacial score (nSPS) is 18.8. The predicted octanol–water partition coefficient (Wildman–Crippen LogP) is 4.05. The Labute approximate surface area is 80.3 Å². The Morgan fingerprint density at radius 1 is 1.00 bits per heavy atom. The molecular formula is C9H18Cl2. The Balaban J connectivity index is 0.000000218. The van der Waals surface area contributed by atoms with Gasteiger partial charge in [0.1, 0.15) is 0 Å². The van der Waals surface area contributed by atoms with Gasteiger partial charge in [0.05, 0.1) is 0 Å². The molecule has 1 saturated carbocycles. The van der Waals surface area contributed by atoms with E-state index in [1.807, 2.05) is 0 Å². The van der Waals surface area contributed by atoms with Gasteiger partial charge in [0.2, 0.25) is 0 Å². The van der Waals surface area contributed by atoms with Crippen molar-refractivity contribution >= 4 is 23.2 Å². The summed E-state index contributed by atoms with van der Waals surface area (Å²) in [6, 6.07) is 0. The Bertz CT molecular complexity index is 66.0. The first-order valence-corrected chi connectivity index (χ1v) is 5.50.